The first-order valence-corrected chi connectivity index (χ1v) is 9.12. The topological polar surface area (TPSA) is 92.3 Å². The van der Waals surface area contributed by atoms with Gasteiger partial charge in [-0.15, -0.1) is 0 Å². The van der Waals surface area contributed by atoms with E-state index in [1.165, 1.54) is 24.3 Å². The first-order chi connectivity index (χ1) is 11.2. The Balaban J connectivity index is 2.14. The van der Waals surface area contributed by atoms with Crippen molar-refractivity contribution in [3.63, 3.8) is 0 Å². The molecule has 0 radical (unpaired) electrons. The number of carbonyl (C=O) groups is 2. The largest absolute Gasteiger partial charge is 0.270 e. The number of hydrogen-bond acceptors (Lipinski definition) is 4. The maximum Gasteiger partial charge on any atom is 0.270 e. The normalized spacial score (nSPS) is 11.0. The Morgan fingerprint density at radius 3 is 2.29 bits per heavy atom. The van der Waals surface area contributed by atoms with Crippen molar-refractivity contribution in [2.75, 3.05) is 6.26 Å². The molecule has 8 heteroatoms. The Kier molecular flexibility index (Phi) is 5.26. The summed E-state index contributed by atoms with van der Waals surface area (Å²) >= 11 is 5.80. The molecule has 0 atom stereocenters. The molecule has 6 nitrogen and oxygen atoms in total. The Bertz CT molecular complexity index is 910. The molecule has 2 amide bonds. The lowest BCUT2D eigenvalue weighted by molar-refractivity contribution is 0.0846. The van der Waals surface area contributed by atoms with E-state index in [4.69, 9.17) is 11.6 Å². The maximum atomic E-state index is 12.2. The molecule has 0 aliphatic carbocycles. The summed E-state index contributed by atoms with van der Waals surface area (Å²) in [6, 6.07) is 10.5. The van der Waals surface area contributed by atoms with E-state index in [9.17, 15) is 18.0 Å². The number of nitrogens with one attached hydrogen (secondary N) is 2. The first kappa shape index (κ1) is 18.0. The fourth-order valence-electron chi connectivity index (χ4n) is 1.96. The van der Waals surface area contributed by atoms with E-state index in [0.717, 1.165) is 6.26 Å². The van der Waals surface area contributed by atoms with Gasteiger partial charge in [0.2, 0.25) is 0 Å². The standard InChI is InChI=1S/C16H15ClN2O4S/c1-10-6-7-13(24(2,22)23)9-14(10)16(21)19-18-15(20)11-4-3-5-12(17)8-11/h3-9H,1-2H3,(H,18,20)(H,19,21). The number of benzene rings is 2. The molecular formula is C16H15ClN2O4S. The second kappa shape index (κ2) is 7.02. The molecule has 0 unspecified atom stereocenters. The highest BCUT2D eigenvalue weighted by atomic mass is 35.5. The van der Waals surface area contributed by atoms with Crippen LogP contribution in [-0.2, 0) is 9.84 Å². The lowest BCUT2D eigenvalue weighted by Crippen LogP contribution is -2.41. The van der Waals surface area contributed by atoms with E-state index < -0.39 is 21.7 Å². The van der Waals surface area contributed by atoms with Crippen molar-refractivity contribution in [1.82, 2.24) is 10.9 Å². The number of halogens is 1. The molecule has 2 aromatic rings. The van der Waals surface area contributed by atoms with E-state index in [1.807, 2.05) is 0 Å². The van der Waals surface area contributed by atoms with Crippen molar-refractivity contribution < 1.29 is 18.0 Å². The predicted molar refractivity (Wildman–Crippen MR) is 90.7 cm³/mol. The number of hydrazine groups is 1. The van der Waals surface area contributed by atoms with Gasteiger partial charge in [-0.2, -0.15) is 0 Å². The van der Waals surface area contributed by atoms with Crippen LogP contribution in [0.3, 0.4) is 0 Å². The number of carbonyl (C=O) groups excluding carboxylic acids is 2. The Morgan fingerprint density at radius 2 is 1.67 bits per heavy atom. The molecule has 0 spiro atoms. The number of rotatable bonds is 3. The third-order valence-corrected chi connectivity index (χ3v) is 4.60. The van der Waals surface area contributed by atoms with Crippen LogP contribution in [0.5, 0.6) is 0 Å². The van der Waals surface area contributed by atoms with Crippen LogP contribution in [-0.4, -0.2) is 26.5 Å². The molecule has 126 valence electrons. The molecule has 0 heterocycles. The quantitative estimate of drug-likeness (QED) is 0.814. The number of aryl methyl sites for hydroxylation is 1. The first-order valence-electron chi connectivity index (χ1n) is 6.85. The summed E-state index contributed by atoms with van der Waals surface area (Å²) in [4.78, 5) is 24.2. The van der Waals surface area contributed by atoms with Crippen LogP contribution in [0.1, 0.15) is 26.3 Å². The van der Waals surface area contributed by atoms with Gasteiger partial charge in [-0.25, -0.2) is 8.42 Å². The summed E-state index contributed by atoms with van der Waals surface area (Å²) in [6.07, 6.45) is 1.06. The minimum Gasteiger partial charge on any atom is -0.267 e. The minimum atomic E-state index is -3.44. The second-order valence-electron chi connectivity index (χ2n) is 5.17. The molecule has 0 saturated carbocycles. The monoisotopic (exact) mass is 366 g/mol. The predicted octanol–water partition coefficient (Wildman–Crippen LogP) is 2.13. The summed E-state index contributed by atoms with van der Waals surface area (Å²) in [5.41, 5.74) is 5.54. The third kappa shape index (κ3) is 4.33. The number of sulfone groups is 1. The van der Waals surface area contributed by atoms with Gasteiger partial charge in [0, 0.05) is 22.4 Å². The molecule has 0 fully saturated rings. The van der Waals surface area contributed by atoms with Gasteiger partial charge in [-0.3, -0.25) is 20.4 Å². The van der Waals surface area contributed by atoms with Crippen LogP contribution in [0, 0.1) is 6.92 Å². The lowest BCUT2D eigenvalue weighted by atomic mass is 10.1. The molecule has 0 bridgehead atoms. The number of hydrogen-bond donors (Lipinski definition) is 2. The van der Waals surface area contributed by atoms with E-state index in [1.54, 1.807) is 25.1 Å². The van der Waals surface area contributed by atoms with Crippen LogP contribution in [0.4, 0.5) is 0 Å². The summed E-state index contributed by atoms with van der Waals surface area (Å²) in [6.45, 7) is 1.67. The molecule has 0 aliphatic heterocycles. The summed E-state index contributed by atoms with van der Waals surface area (Å²) in [7, 11) is -3.44. The van der Waals surface area contributed by atoms with E-state index in [2.05, 4.69) is 10.9 Å². The van der Waals surface area contributed by atoms with Crippen molar-refractivity contribution in [1.29, 1.82) is 0 Å². The van der Waals surface area contributed by atoms with Crippen molar-refractivity contribution >= 4 is 33.3 Å². The van der Waals surface area contributed by atoms with Crippen molar-refractivity contribution in [3.8, 4) is 0 Å². The molecule has 0 aromatic heterocycles. The highest BCUT2D eigenvalue weighted by molar-refractivity contribution is 7.90. The summed E-state index contributed by atoms with van der Waals surface area (Å²) < 4.78 is 23.2. The minimum absolute atomic E-state index is 0.0272. The zero-order valence-corrected chi connectivity index (χ0v) is 14.5. The van der Waals surface area contributed by atoms with Crippen LogP contribution >= 0.6 is 11.6 Å². The molecular weight excluding hydrogens is 352 g/mol. The van der Waals surface area contributed by atoms with E-state index >= 15 is 0 Å². The van der Waals surface area contributed by atoms with Gasteiger partial charge >= 0.3 is 0 Å². The molecule has 2 rings (SSSR count). The molecule has 24 heavy (non-hydrogen) atoms. The fourth-order valence-corrected chi connectivity index (χ4v) is 2.80. The van der Waals surface area contributed by atoms with Crippen molar-refractivity contribution in [2.45, 2.75) is 11.8 Å². The van der Waals surface area contributed by atoms with Crippen molar-refractivity contribution in [2.24, 2.45) is 0 Å². The summed E-state index contributed by atoms with van der Waals surface area (Å²) in [5, 5.41) is 0.394. The smallest absolute Gasteiger partial charge is 0.267 e. The molecule has 0 aliphatic rings. The van der Waals surface area contributed by atoms with Gasteiger partial charge in [-0.05, 0) is 42.8 Å². The van der Waals surface area contributed by atoms with Crippen LogP contribution in [0.15, 0.2) is 47.4 Å². The summed E-state index contributed by atoms with van der Waals surface area (Å²) in [5.74, 6) is -1.16. The van der Waals surface area contributed by atoms with Gasteiger partial charge in [0.05, 0.1) is 4.90 Å². The van der Waals surface area contributed by atoms with Gasteiger partial charge in [0.1, 0.15) is 0 Å². The molecule has 0 saturated heterocycles. The highest BCUT2D eigenvalue weighted by Crippen LogP contribution is 2.15. The Labute approximate surface area is 144 Å². The Hall–Kier alpha value is -2.38. The Morgan fingerprint density at radius 1 is 1.00 bits per heavy atom. The molecule has 2 aromatic carbocycles. The van der Waals surface area contributed by atoms with Gasteiger partial charge in [0.15, 0.2) is 9.84 Å². The van der Waals surface area contributed by atoms with Crippen molar-refractivity contribution in [3.05, 3.63) is 64.2 Å². The van der Waals surface area contributed by atoms with Crippen LogP contribution in [0.2, 0.25) is 5.02 Å². The SMILES string of the molecule is Cc1ccc(S(C)(=O)=O)cc1C(=O)NNC(=O)c1cccc(Cl)c1. The average molecular weight is 367 g/mol. The number of amides is 2. The lowest BCUT2D eigenvalue weighted by Gasteiger charge is -2.10. The zero-order valence-electron chi connectivity index (χ0n) is 13.0. The van der Waals surface area contributed by atoms with E-state index in [-0.39, 0.29) is 16.0 Å². The van der Waals surface area contributed by atoms with Crippen LogP contribution in [0.25, 0.3) is 0 Å². The van der Waals surface area contributed by atoms with Crippen LogP contribution < -0.4 is 10.9 Å². The zero-order chi connectivity index (χ0) is 17.9. The van der Waals surface area contributed by atoms with Gasteiger partial charge in [0.25, 0.3) is 11.8 Å². The molecule has 2 N–H and O–H groups in total. The fraction of sp³-hybridized carbons (Fsp3) is 0.125. The van der Waals surface area contributed by atoms with Gasteiger partial charge in [-0.1, -0.05) is 23.7 Å². The van der Waals surface area contributed by atoms with E-state index in [0.29, 0.717) is 10.6 Å². The van der Waals surface area contributed by atoms with Gasteiger partial charge < -0.3 is 0 Å². The third-order valence-electron chi connectivity index (χ3n) is 3.26. The second-order valence-corrected chi connectivity index (χ2v) is 7.62. The maximum absolute atomic E-state index is 12.2. The average Bonchev–Trinajstić information content (AvgIpc) is 2.51. The highest BCUT2D eigenvalue weighted by Gasteiger charge is 2.15.